The number of aromatic nitrogens is 1. The Labute approximate surface area is 124 Å². The third-order valence-electron chi connectivity index (χ3n) is 3.78. The number of nitrogens with one attached hydrogen (secondary N) is 2. The van der Waals surface area contributed by atoms with Crippen molar-refractivity contribution in [3.8, 4) is 0 Å². The lowest BCUT2D eigenvalue weighted by Crippen LogP contribution is -2.28. The first-order valence-electron chi connectivity index (χ1n) is 7.27. The van der Waals surface area contributed by atoms with Gasteiger partial charge in [-0.2, -0.15) is 0 Å². The molecular weight excluding hydrogens is 266 g/mol. The predicted octanol–water partition coefficient (Wildman–Crippen LogP) is 3.18. The van der Waals surface area contributed by atoms with Gasteiger partial charge in [-0.15, -0.1) is 11.3 Å². The van der Waals surface area contributed by atoms with Gasteiger partial charge in [-0.3, -0.25) is 0 Å². The highest BCUT2D eigenvalue weighted by Gasteiger charge is 2.18. The van der Waals surface area contributed by atoms with Crippen molar-refractivity contribution < 1.29 is 0 Å². The van der Waals surface area contributed by atoms with Gasteiger partial charge in [-0.05, 0) is 25.0 Å². The molecule has 4 heteroatoms. The Hall–Kier alpha value is -1.39. The molecule has 0 saturated carbocycles. The van der Waals surface area contributed by atoms with Gasteiger partial charge < -0.3 is 10.6 Å². The summed E-state index contributed by atoms with van der Waals surface area (Å²) in [7, 11) is 0. The average molecular weight is 287 g/mol. The fourth-order valence-electron chi connectivity index (χ4n) is 2.75. The molecule has 2 aromatic rings. The minimum atomic E-state index is 0.630. The summed E-state index contributed by atoms with van der Waals surface area (Å²) in [5, 5.41) is 10.4. The minimum Gasteiger partial charge on any atom is -0.385 e. The van der Waals surface area contributed by atoms with Gasteiger partial charge in [0.2, 0.25) is 0 Å². The van der Waals surface area contributed by atoms with Crippen molar-refractivity contribution in [2.24, 2.45) is 0 Å². The zero-order chi connectivity index (χ0) is 13.8. The molecule has 0 amide bonds. The second-order valence-electron chi connectivity index (χ2n) is 5.34. The van der Waals surface area contributed by atoms with Crippen LogP contribution in [0.1, 0.15) is 28.6 Å². The molecule has 0 saturated heterocycles. The normalized spacial score (nSPS) is 17.6. The topological polar surface area (TPSA) is 37.0 Å². The summed E-state index contributed by atoms with van der Waals surface area (Å²) in [6, 6.07) is 8.67. The highest BCUT2D eigenvalue weighted by Crippen LogP contribution is 2.30. The largest absolute Gasteiger partial charge is 0.385 e. The van der Waals surface area contributed by atoms with Crippen molar-refractivity contribution in [1.82, 2.24) is 10.3 Å². The first-order valence-corrected chi connectivity index (χ1v) is 8.15. The lowest BCUT2D eigenvalue weighted by Gasteiger charge is -2.26. The van der Waals surface area contributed by atoms with Crippen molar-refractivity contribution >= 4 is 17.0 Å². The highest BCUT2D eigenvalue weighted by atomic mass is 32.1. The second kappa shape index (κ2) is 6.37. The summed E-state index contributed by atoms with van der Waals surface area (Å²) < 4.78 is 0. The van der Waals surface area contributed by atoms with Crippen LogP contribution in [-0.2, 0) is 6.42 Å². The molecule has 1 aliphatic rings. The molecule has 1 aromatic heterocycles. The van der Waals surface area contributed by atoms with Gasteiger partial charge in [0.05, 0.1) is 5.01 Å². The van der Waals surface area contributed by atoms with Crippen molar-refractivity contribution in [2.45, 2.75) is 25.7 Å². The molecule has 0 fully saturated rings. The Morgan fingerprint density at radius 2 is 2.30 bits per heavy atom. The SMILES string of the molecule is Cc1csc(CCNCC2CCNc3ccccc32)n1. The standard InChI is InChI=1S/C16H21N3S/c1-12-11-20-16(19-12)7-8-17-10-13-6-9-18-15-5-3-2-4-14(13)15/h2-5,11,13,17-18H,6-10H2,1H3. The molecule has 3 nitrogen and oxygen atoms in total. The van der Waals surface area contributed by atoms with E-state index in [1.165, 1.54) is 22.7 Å². The first-order chi connectivity index (χ1) is 9.83. The molecule has 0 radical (unpaired) electrons. The minimum absolute atomic E-state index is 0.630. The number of rotatable bonds is 5. The number of anilines is 1. The van der Waals surface area contributed by atoms with E-state index >= 15 is 0 Å². The smallest absolute Gasteiger partial charge is 0.0940 e. The first kappa shape index (κ1) is 13.6. The van der Waals surface area contributed by atoms with Gasteiger partial charge in [0.25, 0.3) is 0 Å². The number of benzene rings is 1. The van der Waals surface area contributed by atoms with Crippen LogP contribution in [0, 0.1) is 6.92 Å². The van der Waals surface area contributed by atoms with Crippen LogP contribution in [-0.4, -0.2) is 24.6 Å². The van der Waals surface area contributed by atoms with Crippen molar-refractivity contribution in [3.05, 3.63) is 45.9 Å². The molecule has 106 valence electrons. The zero-order valence-corrected chi connectivity index (χ0v) is 12.7. The van der Waals surface area contributed by atoms with Crippen LogP contribution in [0.25, 0.3) is 0 Å². The van der Waals surface area contributed by atoms with E-state index in [1.807, 2.05) is 0 Å². The third kappa shape index (κ3) is 3.19. The van der Waals surface area contributed by atoms with Crippen LogP contribution in [0.3, 0.4) is 0 Å². The number of aryl methyl sites for hydroxylation is 1. The van der Waals surface area contributed by atoms with Crippen molar-refractivity contribution in [2.75, 3.05) is 25.0 Å². The molecule has 1 unspecified atom stereocenters. The number of fused-ring (bicyclic) bond motifs is 1. The maximum Gasteiger partial charge on any atom is 0.0940 e. The molecule has 2 heterocycles. The van der Waals surface area contributed by atoms with Crippen LogP contribution in [0.4, 0.5) is 5.69 Å². The summed E-state index contributed by atoms with van der Waals surface area (Å²) in [6.45, 7) is 5.20. The molecule has 1 aliphatic heterocycles. The number of para-hydroxylation sites is 1. The Balaban J connectivity index is 1.50. The fraction of sp³-hybridized carbons (Fsp3) is 0.438. The van der Waals surface area contributed by atoms with Crippen LogP contribution in [0.2, 0.25) is 0 Å². The van der Waals surface area contributed by atoms with E-state index < -0.39 is 0 Å². The van der Waals surface area contributed by atoms with E-state index in [9.17, 15) is 0 Å². The summed E-state index contributed by atoms with van der Waals surface area (Å²) in [5.41, 5.74) is 3.90. The molecule has 20 heavy (non-hydrogen) atoms. The molecule has 0 spiro atoms. The van der Waals surface area contributed by atoms with Crippen LogP contribution >= 0.6 is 11.3 Å². The lowest BCUT2D eigenvalue weighted by atomic mass is 9.91. The Kier molecular flexibility index (Phi) is 4.33. The molecule has 1 atom stereocenters. The summed E-state index contributed by atoms with van der Waals surface area (Å²) in [6.07, 6.45) is 2.24. The van der Waals surface area contributed by atoms with Gasteiger partial charge in [-0.25, -0.2) is 4.98 Å². The predicted molar refractivity (Wildman–Crippen MR) is 85.7 cm³/mol. The summed E-state index contributed by atoms with van der Waals surface area (Å²) in [4.78, 5) is 4.50. The zero-order valence-electron chi connectivity index (χ0n) is 11.9. The van der Waals surface area contributed by atoms with E-state index in [2.05, 4.69) is 52.2 Å². The average Bonchev–Trinajstić information content (AvgIpc) is 2.89. The molecular formula is C16H21N3S. The van der Waals surface area contributed by atoms with Gasteiger partial charge in [0.15, 0.2) is 0 Å². The Morgan fingerprint density at radius 3 is 3.15 bits per heavy atom. The van der Waals surface area contributed by atoms with E-state index in [1.54, 1.807) is 11.3 Å². The van der Waals surface area contributed by atoms with Crippen LogP contribution < -0.4 is 10.6 Å². The third-order valence-corrected chi connectivity index (χ3v) is 4.81. The van der Waals surface area contributed by atoms with Crippen LogP contribution in [0.15, 0.2) is 29.6 Å². The maximum atomic E-state index is 4.50. The molecule has 0 bridgehead atoms. The number of hydrogen-bond acceptors (Lipinski definition) is 4. The van der Waals surface area contributed by atoms with Crippen LogP contribution in [0.5, 0.6) is 0 Å². The van der Waals surface area contributed by atoms with Crippen molar-refractivity contribution in [1.29, 1.82) is 0 Å². The number of hydrogen-bond donors (Lipinski definition) is 2. The van der Waals surface area contributed by atoms with E-state index in [0.717, 1.165) is 31.7 Å². The van der Waals surface area contributed by atoms with Gasteiger partial charge >= 0.3 is 0 Å². The molecule has 2 N–H and O–H groups in total. The quantitative estimate of drug-likeness (QED) is 0.829. The monoisotopic (exact) mass is 287 g/mol. The Morgan fingerprint density at radius 1 is 1.40 bits per heavy atom. The van der Waals surface area contributed by atoms with Gasteiger partial charge in [0, 0.05) is 48.7 Å². The van der Waals surface area contributed by atoms with Crippen molar-refractivity contribution in [3.63, 3.8) is 0 Å². The fourth-order valence-corrected chi connectivity index (χ4v) is 3.53. The molecule has 0 aliphatic carbocycles. The van der Waals surface area contributed by atoms with E-state index in [4.69, 9.17) is 0 Å². The second-order valence-corrected chi connectivity index (χ2v) is 6.28. The summed E-state index contributed by atoms with van der Waals surface area (Å²) >= 11 is 1.76. The highest BCUT2D eigenvalue weighted by molar-refractivity contribution is 7.09. The van der Waals surface area contributed by atoms with E-state index in [-0.39, 0.29) is 0 Å². The molecule has 3 rings (SSSR count). The number of thiazole rings is 1. The number of nitrogens with zero attached hydrogens (tertiary/aromatic N) is 1. The molecule has 1 aromatic carbocycles. The maximum absolute atomic E-state index is 4.50. The summed E-state index contributed by atoms with van der Waals surface area (Å²) in [5.74, 6) is 0.630. The Bertz CT molecular complexity index is 564. The van der Waals surface area contributed by atoms with E-state index in [0.29, 0.717) is 5.92 Å². The lowest BCUT2D eigenvalue weighted by molar-refractivity contribution is 0.553. The van der Waals surface area contributed by atoms with Gasteiger partial charge in [0.1, 0.15) is 0 Å². The van der Waals surface area contributed by atoms with Gasteiger partial charge in [-0.1, -0.05) is 18.2 Å².